The van der Waals surface area contributed by atoms with E-state index in [4.69, 9.17) is 11.3 Å². The lowest BCUT2D eigenvalue weighted by Gasteiger charge is -2.06. The summed E-state index contributed by atoms with van der Waals surface area (Å²) in [5, 5.41) is 7.25. The Morgan fingerprint density at radius 3 is 2.38 bits per heavy atom. The number of hydrogen-bond donors (Lipinski definition) is 2. The van der Waals surface area contributed by atoms with Crippen LogP contribution in [0.5, 0.6) is 5.75 Å². The highest BCUT2D eigenvalue weighted by atomic mass is 32.2. The van der Waals surface area contributed by atoms with Crippen LogP contribution in [0.4, 0.5) is 11.4 Å². The van der Waals surface area contributed by atoms with Crippen LogP contribution in [0.3, 0.4) is 0 Å². The van der Waals surface area contributed by atoms with Crippen molar-refractivity contribution in [3.63, 3.8) is 0 Å². The summed E-state index contributed by atoms with van der Waals surface area (Å²) in [4.78, 5) is 16.2. The van der Waals surface area contributed by atoms with Gasteiger partial charge < -0.3 is 4.74 Å². The number of ether oxygens (including phenoxy) is 1. The van der Waals surface area contributed by atoms with Crippen molar-refractivity contribution in [3.05, 3.63) is 41.4 Å². The fourth-order valence-electron chi connectivity index (χ4n) is 4.45. The number of H-pyrrole nitrogens is 1. The third kappa shape index (κ3) is 7.83. The molecule has 0 amide bonds. The first-order valence-corrected chi connectivity index (χ1v) is 14.9. The Morgan fingerprint density at radius 2 is 1.76 bits per heavy atom. The Hall–Kier alpha value is -3.32. The number of unbranched alkanes of at least 4 members (excludes halogenated alkanes) is 9. The molecule has 3 aromatic rings. The van der Waals surface area contributed by atoms with Gasteiger partial charge in [-0.2, -0.15) is 5.10 Å². The number of aromatic amines is 1. The van der Waals surface area contributed by atoms with Gasteiger partial charge in [0.1, 0.15) is 0 Å². The van der Waals surface area contributed by atoms with E-state index in [0.29, 0.717) is 34.8 Å². The average Bonchev–Trinajstić information content (AvgIpc) is 3.39. The molecule has 0 radical (unpaired) electrons. The zero-order valence-electron chi connectivity index (χ0n) is 22.0. The van der Waals surface area contributed by atoms with E-state index in [0.717, 1.165) is 25.5 Å². The largest absolute Gasteiger partial charge is 0.434 e. The molecule has 2 N–H and O–H groups in total. The van der Waals surface area contributed by atoms with Gasteiger partial charge in [0, 0.05) is 23.4 Å². The number of rotatable bonds is 15. The highest BCUT2D eigenvalue weighted by molar-refractivity contribution is 7.92. The summed E-state index contributed by atoms with van der Waals surface area (Å²) in [5.41, 5.74) is 2.28. The van der Waals surface area contributed by atoms with Gasteiger partial charge >= 0.3 is 5.97 Å². The molecule has 37 heavy (non-hydrogen) atoms. The van der Waals surface area contributed by atoms with E-state index in [1.54, 1.807) is 35.6 Å². The number of anilines is 1. The molecule has 200 valence electrons. The van der Waals surface area contributed by atoms with Gasteiger partial charge in [-0.3, -0.25) is 19.0 Å². The number of nitrogens with zero attached hydrogens (tertiary/aromatic N) is 3. The number of fused-ring (bicyclic) bond motifs is 1. The summed E-state index contributed by atoms with van der Waals surface area (Å²) in [6.07, 6.45) is 13.2. The predicted octanol–water partition coefficient (Wildman–Crippen LogP) is 6.78. The third-order valence-electron chi connectivity index (χ3n) is 6.30. The molecule has 2 heterocycles. The first kappa shape index (κ1) is 28.3. The van der Waals surface area contributed by atoms with Crippen LogP contribution in [-0.4, -0.2) is 35.2 Å². The Bertz CT molecular complexity index is 1350. The highest BCUT2D eigenvalue weighted by Crippen LogP contribution is 2.40. The minimum Gasteiger partial charge on any atom is -0.434 e. The van der Waals surface area contributed by atoms with Crippen LogP contribution in [0, 0.1) is 13.5 Å². The number of benzene rings is 1. The fraction of sp³-hybridized carbons (Fsp3) is 0.519. The first-order chi connectivity index (χ1) is 17.7. The lowest BCUT2D eigenvalue weighted by atomic mass is 10.1. The van der Waals surface area contributed by atoms with Crippen molar-refractivity contribution in [1.29, 1.82) is 0 Å². The van der Waals surface area contributed by atoms with Crippen molar-refractivity contribution in [2.75, 3.05) is 11.0 Å². The molecule has 2 aromatic heterocycles. The van der Waals surface area contributed by atoms with E-state index in [2.05, 4.69) is 26.7 Å². The van der Waals surface area contributed by atoms with Gasteiger partial charge in [0.15, 0.2) is 17.2 Å². The third-order valence-corrected chi connectivity index (χ3v) is 6.90. The molecule has 0 atom stereocenters. The van der Waals surface area contributed by atoms with Gasteiger partial charge in [0.25, 0.3) is 5.69 Å². The number of sulfonamides is 1. The van der Waals surface area contributed by atoms with Crippen molar-refractivity contribution < 1.29 is 17.9 Å². The lowest BCUT2D eigenvalue weighted by molar-refractivity contribution is -0.134. The van der Waals surface area contributed by atoms with Crippen LogP contribution < -0.4 is 9.46 Å². The number of carbonyl (C=O) groups is 1. The highest BCUT2D eigenvalue weighted by Gasteiger charge is 2.24. The van der Waals surface area contributed by atoms with Crippen LogP contribution in [0.2, 0.25) is 0 Å². The van der Waals surface area contributed by atoms with Crippen molar-refractivity contribution in [2.45, 2.75) is 84.5 Å². The Labute approximate surface area is 219 Å². The number of esters is 1. The molecule has 3 rings (SSSR count). The van der Waals surface area contributed by atoms with E-state index in [-0.39, 0.29) is 17.4 Å². The average molecular weight is 528 g/mol. The molecule has 0 saturated carbocycles. The second kappa shape index (κ2) is 13.3. The van der Waals surface area contributed by atoms with Crippen LogP contribution in [0.15, 0.2) is 24.3 Å². The van der Waals surface area contributed by atoms with Gasteiger partial charge in [-0.1, -0.05) is 76.8 Å². The van der Waals surface area contributed by atoms with E-state index in [1.165, 1.54) is 44.9 Å². The number of nitrogens with one attached hydrogen (secondary N) is 2. The second-order valence-corrected chi connectivity index (χ2v) is 11.2. The summed E-state index contributed by atoms with van der Waals surface area (Å²) in [6, 6.07) is 6.80. The van der Waals surface area contributed by atoms with Crippen LogP contribution in [0.1, 0.15) is 83.2 Å². The first-order valence-electron chi connectivity index (χ1n) is 13.0. The molecule has 1 aromatic carbocycles. The molecule has 0 saturated heterocycles. The van der Waals surface area contributed by atoms with Crippen LogP contribution in [-0.2, 0) is 14.8 Å². The maximum Gasteiger partial charge on any atom is 0.310 e. The summed E-state index contributed by atoms with van der Waals surface area (Å²) >= 11 is 0. The van der Waals surface area contributed by atoms with Crippen molar-refractivity contribution in [3.8, 4) is 17.1 Å². The number of aromatic nitrogens is 3. The zero-order chi connectivity index (χ0) is 26.8. The standard InChI is InChI=1S/C27H37N5O4S/c1-5-6-7-8-9-10-11-12-13-14-18-23(33)36-25-24(28-3)20(2)32-26(29-30-27(25)32)21-16-15-17-22(19-21)31-37(4,34)35/h15-17,19,30-31H,5-14,18H2,1-2,4H3. The normalized spacial score (nSPS) is 11.5. The summed E-state index contributed by atoms with van der Waals surface area (Å²) in [6.45, 7) is 11.6. The molecule has 0 aliphatic rings. The molecule has 0 fully saturated rings. The molecular weight excluding hydrogens is 490 g/mol. The molecule has 10 heteroatoms. The molecule has 0 aliphatic heterocycles. The quantitative estimate of drug-likeness (QED) is 0.129. The lowest BCUT2D eigenvalue weighted by Crippen LogP contribution is -2.09. The van der Waals surface area contributed by atoms with Gasteiger partial charge in [0.05, 0.1) is 12.8 Å². The van der Waals surface area contributed by atoms with E-state index in [1.807, 2.05) is 0 Å². The molecule has 9 nitrogen and oxygen atoms in total. The van der Waals surface area contributed by atoms with Gasteiger partial charge in [0.2, 0.25) is 10.0 Å². The monoisotopic (exact) mass is 527 g/mol. The Balaban J connectivity index is 1.63. The van der Waals surface area contributed by atoms with E-state index < -0.39 is 10.0 Å². The molecule has 0 aliphatic carbocycles. The van der Waals surface area contributed by atoms with E-state index >= 15 is 0 Å². The van der Waals surface area contributed by atoms with Crippen LogP contribution >= 0.6 is 0 Å². The van der Waals surface area contributed by atoms with Crippen LogP contribution in [0.25, 0.3) is 21.9 Å². The second-order valence-electron chi connectivity index (χ2n) is 9.47. The smallest absolute Gasteiger partial charge is 0.310 e. The Kier molecular flexibility index (Phi) is 10.1. The zero-order valence-corrected chi connectivity index (χ0v) is 22.8. The minimum absolute atomic E-state index is 0.175. The summed E-state index contributed by atoms with van der Waals surface area (Å²) < 4.78 is 33.1. The topological polar surface area (TPSA) is 110 Å². The molecule has 0 spiro atoms. The van der Waals surface area contributed by atoms with Crippen molar-refractivity contribution in [1.82, 2.24) is 14.6 Å². The number of hydrogen-bond acceptors (Lipinski definition) is 5. The van der Waals surface area contributed by atoms with Crippen molar-refractivity contribution >= 4 is 33.0 Å². The molecular formula is C27H37N5O4S. The minimum atomic E-state index is -3.44. The fourth-order valence-corrected chi connectivity index (χ4v) is 5.01. The van der Waals surface area contributed by atoms with Gasteiger partial charge in [-0.25, -0.2) is 13.3 Å². The van der Waals surface area contributed by atoms with Gasteiger partial charge in [-0.05, 0) is 25.5 Å². The maximum atomic E-state index is 12.6. The Morgan fingerprint density at radius 1 is 1.11 bits per heavy atom. The summed E-state index contributed by atoms with van der Waals surface area (Å²) in [7, 11) is -3.44. The number of carbonyl (C=O) groups excluding carboxylic acids is 1. The predicted molar refractivity (Wildman–Crippen MR) is 147 cm³/mol. The summed E-state index contributed by atoms with van der Waals surface area (Å²) in [5.74, 6) is 0.285. The number of aryl methyl sites for hydroxylation is 1. The van der Waals surface area contributed by atoms with E-state index in [9.17, 15) is 13.2 Å². The SMILES string of the molecule is [C-]#[N+]c1c(OC(=O)CCCCCCCCCCCC)c2[nH]nc(-c3cccc(NS(C)(=O)=O)c3)n2c1C. The molecule has 0 bridgehead atoms. The van der Waals surface area contributed by atoms with Gasteiger partial charge in [-0.15, -0.1) is 0 Å². The maximum absolute atomic E-state index is 12.6. The molecule has 0 unspecified atom stereocenters. The van der Waals surface area contributed by atoms with Crippen molar-refractivity contribution in [2.24, 2.45) is 0 Å².